The predicted octanol–water partition coefficient (Wildman–Crippen LogP) is 4.30. The van der Waals surface area contributed by atoms with E-state index in [0.717, 1.165) is 31.5 Å². The summed E-state index contributed by atoms with van der Waals surface area (Å²) in [7, 11) is 0. The van der Waals surface area contributed by atoms with Crippen LogP contribution in [0.5, 0.6) is 0 Å². The Kier molecular flexibility index (Phi) is 10.4. The lowest BCUT2D eigenvalue weighted by Crippen LogP contribution is -2.63. The molecule has 8 nitrogen and oxygen atoms in total. The van der Waals surface area contributed by atoms with Crippen molar-refractivity contribution in [2.45, 2.75) is 115 Å². The number of hydrogen-bond acceptors (Lipinski definition) is 5. The van der Waals surface area contributed by atoms with Gasteiger partial charge in [0.2, 0.25) is 17.7 Å². The van der Waals surface area contributed by atoms with E-state index < -0.39 is 11.5 Å². The van der Waals surface area contributed by atoms with Crippen molar-refractivity contribution >= 4 is 29.3 Å². The van der Waals surface area contributed by atoms with Crippen molar-refractivity contribution in [3.05, 3.63) is 34.9 Å². The fraction of sp³-hybridized carbons (Fsp3) is 0.735. The van der Waals surface area contributed by atoms with Gasteiger partial charge < -0.3 is 20.9 Å². The van der Waals surface area contributed by atoms with E-state index in [1.54, 1.807) is 0 Å². The topological polar surface area (TPSA) is 93.8 Å². The first-order valence-corrected chi connectivity index (χ1v) is 17.1. The summed E-state index contributed by atoms with van der Waals surface area (Å²) in [6.45, 7) is 9.57. The quantitative estimate of drug-likeness (QED) is 0.407. The van der Waals surface area contributed by atoms with Gasteiger partial charge in [-0.05, 0) is 82.9 Å². The van der Waals surface area contributed by atoms with E-state index >= 15 is 0 Å². The maximum absolute atomic E-state index is 14.2. The molecule has 2 saturated carbocycles. The van der Waals surface area contributed by atoms with E-state index in [9.17, 15) is 14.4 Å². The van der Waals surface area contributed by atoms with Gasteiger partial charge in [0.15, 0.2) is 0 Å². The predicted molar refractivity (Wildman–Crippen MR) is 171 cm³/mol. The van der Waals surface area contributed by atoms with E-state index in [2.05, 4.69) is 20.9 Å². The van der Waals surface area contributed by atoms with Crippen LogP contribution in [0.15, 0.2) is 24.3 Å². The van der Waals surface area contributed by atoms with E-state index in [1.807, 2.05) is 49.9 Å². The van der Waals surface area contributed by atoms with Crippen LogP contribution in [0.2, 0.25) is 5.02 Å². The van der Waals surface area contributed by atoms with Crippen LogP contribution in [-0.2, 0) is 20.8 Å². The average molecular weight is 614 g/mol. The van der Waals surface area contributed by atoms with Crippen molar-refractivity contribution < 1.29 is 14.4 Å². The van der Waals surface area contributed by atoms with Crippen LogP contribution in [0.4, 0.5) is 0 Å². The highest BCUT2D eigenvalue weighted by Crippen LogP contribution is 2.46. The maximum Gasteiger partial charge on any atom is 0.245 e. The van der Waals surface area contributed by atoms with Crippen molar-refractivity contribution in [3.8, 4) is 0 Å². The number of halogens is 1. The molecule has 2 heterocycles. The number of benzene rings is 1. The summed E-state index contributed by atoms with van der Waals surface area (Å²) in [5, 5.41) is 10.5. The SMILES string of the molecule is CC(C)(C)NC(=O)C1(C2CCCCC2)CCN(C(=O)[C@@H](Cc2ccc(Cl)cc2)NC(=O)[C@H]2CN(C3CCC3)CCN2)CC1. The molecular formula is C34H52ClN5O3. The van der Waals surface area contributed by atoms with Crippen molar-refractivity contribution in [3.63, 3.8) is 0 Å². The molecule has 43 heavy (non-hydrogen) atoms. The fourth-order valence-corrected chi connectivity index (χ4v) is 7.77. The molecule has 0 bridgehead atoms. The molecule has 1 aromatic carbocycles. The highest BCUT2D eigenvalue weighted by molar-refractivity contribution is 6.30. The van der Waals surface area contributed by atoms with Gasteiger partial charge in [-0.2, -0.15) is 0 Å². The van der Waals surface area contributed by atoms with Gasteiger partial charge in [0, 0.05) is 55.7 Å². The Balaban J connectivity index is 1.29. The number of piperidine rings is 1. The zero-order valence-corrected chi connectivity index (χ0v) is 27.2. The van der Waals surface area contributed by atoms with E-state index in [-0.39, 0.29) is 29.3 Å². The van der Waals surface area contributed by atoms with Gasteiger partial charge in [0.25, 0.3) is 0 Å². The molecule has 2 aliphatic heterocycles. The summed E-state index contributed by atoms with van der Waals surface area (Å²) < 4.78 is 0. The van der Waals surface area contributed by atoms with Crippen molar-refractivity contribution in [1.29, 1.82) is 0 Å². The van der Waals surface area contributed by atoms with Gasteiger partial charge in [0.1, 0.15) is 6.04 Å². The van der Waals surface area contributed by atoms with E-state index in [4.69, 9.17) is 11.6 Å². The Morgan fingerprint density at radius 2 is 1.65 bits per heavy atom. The maximum atomic E-state index is 14.2. The molecular weight excluding hydrogens is 562 g/mol. The molecule has 2 saturated heterocycles. The third kappa shape index (κ3) is 7.93. The molecule has 2 atom stereocenters. The number of amides is 3. The number of hydrogen-bond donors (Lipinski definition) is 3. The van der Waals surface area contributed by atoms with Gasteiger partial charge in [0.05, 0.1) is 11.5 Å². The summed E-state index contributed by atoms with van der Waals surface area (Å²) in [6, 6.07) is 7.06. The average Bonchev–Trinajstić information content (AvgIpc) is 2.96. The first-order chi connectivity index (χ1) is 20.5. The lowest BCUT2D eigenvalue weighted by Gasteiger charge is -2.48. The molecule has 4 aliphatic rings. The first-order valence-electron chi connectivity index (χ1n) is 16.7. The summed E-state index contributed by atoms with van der Waals surface area (Å²) in [5.74, 6) is 0.309. The molecule has 0 unspecified atom stereocenters. The first kappa shape index (κ1) is 32.2. The minimum atomic E-state index is -0.680. The monoisotopic (exact) mass is 613 g/mol. The standard InChI is InChI=1S/C34H52ClN5O3/c1-33(2,3)38-32(43)34(25-8-5-4-6-9-25)16-19-39(20-17-34)31(42)28(22-24-12-14-26(35)15-13-24)37-30(41)29-23-40(21-18-36-29)27-10-7-11-27/h12-15,25,27-29,36H,4-11,16-23H2,1-3H3,(H,37,41)(H,38,43)/t28-,29-/m1/s1. The van der Waals surface area contributed by atoms with E-state index in [1.165, 1.54) is 38.5 Å². The second-order valence-corrected chi connectivity index (χ2v) is 14.9. The molecule has 1 aromatic rings. The molecule has 3 amide bonds. The Hall–Kier alpha value is -2.16. The third-order valence-electron chi connectivity index (χ3n) is 10.4. The van der Waals surface area contributed by atoms with Crippen molar-refractivity contribution in [2.75, 3.05) is 32.7 Å². The molecule has 0 radical (unpaired) electrons. The normalized spacial score (nSPS) is 24.6. The summed E-state index contributed by atoms with van der Waals surface area (Å²) in [5.41, 5.74) is 0.200. The third-order valence-corrected chi connectivity index (χ3v) is 10.6. The molecule has 0 aromatic heterocycles. The minimum absolute atomic E-state index is 0.0663. The molecule has 2 aliphatic carbocycles. The number of nitrogens with zero attached hydrogens (tertiary/aromatic N) is 2. The summed E-state index contributed by atoms with van der Waals surface area (Å²) in [4.78, 5) is 45.9. The molecule has 4 fully saturated rings. The van der Waals surface area contributed by atoms with Crippen LogP contribution in [0.1, 0.15) is 90.5 Å². The van der Waals surface area contributed by atoms with Gasteiger partial charge in [-0.1, -0.05) is 49.4 Å². The molecule has 9 heteroatoms. The number of rotatable bonds is 8. The molecule has 3 N–H and O–H groups in total. The molecule has 5 rings (SSSR count). The fourth-order valence-electron chi connectivity index (χ4n) is 7.65. The number of piperazine rings is 1. The van der Waals surface area contributed by atoms with Gasteiger partial charge in [-0.3, -0.25) is 19.3 Å². The number of carbonyl (C=O) groups is 3. The van der Waals surface area contributed by atoms with Crippen LogP contribution in [-0.4, -0.2) is 83.9 Å². The van der Waals surface area contributed by atoms with Crippen LogP contribution in [0.3, 0.4) is 0 Å². The van der Waals surface area contributed by atoms with Gasteiger partial charge in [-0.25, -0.2) is 0 Å². The van der Waals surface area contributed by atoms with Gasteiger partial charge >= 0.3 is 0 Å². The number of likely N-dealkylation sites (tertiary alicyclic amines) is 1. The zero-order chi connectivity index (χ0) is 30.6. The zero-order valence-electron chi connectivity index (χ0n) is 26.4. The lowest BCUT2D eigenvalue weighted by molar-refractivity contribution is -0.147. The lowest BCUT2D eigenvalue weighted by atomic mass is 9.63. The van der Waals surface area contributed by atoms with Crippen LogP contribution >= 0.6 is 11.6 Å². The smallest absolute Gasteiger partial charge is 0.245 e. The minimum Gasteiger partial charge on any atom is -0.351 e. The van der Waals surface area contributed by atoms with Crippen LogP contribution in [0.25, 0.3) is 0 Å². The highest BCUT2D eigenvalue weighted by atomic mass is 35.5. The van der Waals surface area contributed by atoms with E-state index in [0.29, 0.717) is 55.9 Å². The van der Waals surface area contributed by atoms with Crippen molar-refractivity contribution in [1.82, 2.24) is 25.8 Å². The Morgan fingerprint density at radius 1 is 0.977 bits per heavy atom. The molecule has 0 spiro atoms. The van der Waals surface area contributed by atoms with Crippen LogP contribution < -0.4 is 16.0 Å². The number of carbonyl (C=O) groups excluding carboxylic acids is 3. The van der Waals surface area contributed by atoms with Crippen LogP contribution in [0, 0.1) is 11.3 Å². The number of nitrogens with one attached hydrogen (secondary N) is 3. The molecule has 238 valence electrons. The second-order valence-electron chi connectivity index (χ2n) is 14.5. The highest BCUT2D eigenvalue weighted by Gasteiger charge is 2.49. The Labute approximate surface area is 263 Å². The van der Waals surface area contributed by atoms with Gasteiger partial charge in [-0.15, -0.1) is 0 Å². The Bertz CT molecular complexity index is 1120. The Morgan fingerprint density at radius 3 is 2.26 bits per heavy atom. The van der Waals surface area contributed by atoms with Crippen molar-refractivity contribution in [2.24, 2.45) is 11.3 Å². The summed E-state index contributed by atoms with van der Waals surface area (Å²) >= 11 is 6.14. The largest absolute Gasteiger partial charge is 0.351 e. The summed E-state index contributed by atoms with van der Waals surface area (Å²) in [6.07, 6.45) is 11.1. The second kappa shape index (κ2) is 13.9.